The molecule has 7 heteroatoms. The highest BCUT2D eigenvalue weighted by Gasteiger charge is 2.18. The van der Waals surface area contributed by atoms with E-state index in [9.17, 15) is 9.59 Å². The number of hydrogen-bond donors (Lipinski definition) is 2. The topological polar surface area (TPSA) is 93.7 Å². The molecule has 2 N–H and O–H groups in total. The predicted octanol–water partition coefficient (Wildman–Crippen LogP) is 3.36. The Kier molecular flexibility index (Phi) is 4.81. The Hall–Kier alpha value is -3.22. The minimum Gasteiger partial charge on any atom is -0.484 e. The number of hydrogen-bond acceptors (Lipinski definition) is 5. The molecule has 0 spiro atoms. The third-order valence-electron chi connectivity index (χ3n) is 4.90. The summed E-state index contributed by atoms with van der Waals surface area (Å²) in [6.45, 7) is 3.23. The van der Waals surface area contributed by atoms with E-state index >= 15 is 0 Å². The molecule has 4 rings (SSSR count). The number of carbonyl (C=O) groups excluding carboxylic acids is 2. The van der Waals surface area contributed by atoms with Gasteiger partial charge >= 0.3 is 0 Å². The number of carbonyl (C=O) groups is 2. The molecule has 1 aliphatic carbocycles. The van der Waals surface area contributed by atoms with Gasteiger partial charge in [-0.3, -0.25) is 20.4 Å². The summed E-state index contributed by atoms with van der Waals surface area (Å²) in [5, 5.41) is 1.05. The van der Waals surface area contributed by atoms with Gasteiger partial charge in [-0.25, -0.2) is 0 Å². The fraction of sp³-hybridized carbons (Fsp3) is 0.333. The molecule has 7 nitrogen and oxygen atoms in total. The molecule has 0 saturated heterocycles. The first-order valence-electron chi connectivity index (χ1n) is 9.34. The summed E-state index contributed by atoms with van der Waals surface area (Å²) in [6.07, 6.45) is 4.29. The summed E-state index contributed by atoms with van der Waals surface area (Å²) in [6, 6.07) is 7.17. The zero-order valence-electron chi connectivity index (χ0n) is 15.9. The lowest BCUT2D eigenvalue weighted by Crippen LogP contribution is -2.43. The average molecular weight is 382 g/mol. The van der Waals surface area contributed by atoms with Crippen LogP contribution in [0.3, 0.4) is 0 Å². The molecule has 0 aliphatic heterocycles. The minimum absolute atomic E-state index is 0.213. The van der Waals surface area contributed by atoms with Crippen LogP contribution in [0.2, 0.25) is 0 Å². The van der Waals surface area contributed by atoms with E-state index in [2.05, 4.69) is 10.9 Å². The molecule has 0 saturated carbocycles. The third kappa shape index (κ3) is 3.60. The van der Waals surface area contributed by atoms with Crippen molar-refractivity contribution in [3.63, 3.8) is 0 Å². The minimum atomic E-state index is -0.458. The standard InChI is InChI=1S/C21H22N2O5/c1-12-9-16(13(2)27-12)21(25)23-22-20(24)11-26-14-7-8-19-17(10-14)15-5-3-4-6-18(15)28-19/h7-10H,3-6,11H2,1-2H3,(H,22,24)(H,23,25). The number of amides is 2. The number of benzene rings is 1. The van der Waals surface area contributed by atoms with Crippen LogP contribution in [0.1, 0.15) is 46.0 Å². The number of furan rings is 2. The van der Waals surface area contributed by atoms with Gasteiger partial charge in [-0.15, -0.1) is 0 Å². The van der Waals surface area contributed by atoms with Crippen LogP contribution in [0, 0.1) is 13.8 Å². The van der Waals surface area contributed by atoms with Crippen LogP contribution in [0.4, 0.5) is 0 Å². The first kappa shape index (κ1) is 18.2. The monoisotopic (exact) mass is 382 g/mol. The molecule has 0 atom stereocenters. The van der Waals surface area contributed by atoms with Crippen molar-refractivity contribution in [2.45, 2.75) is 39.5 Å². The highest BCUT2D eigenvalue weighted by Crippen LogP contribution is 2.33. The summed E-state index contributed by atoms with van der Waals surface area (Å²) in [5.41, 5.74) is 7.18. The van der Waals surface area contributed by atoms with Gasteiger partial charge in [-0.2, -0.15) is 0 Å². The number of hydrazine groups is 1. The van der Waals surface area contributed by atoms with E-state index in [1.165, 1.54) is 5.56 Å². The molecular formula is C21H22N2O5. The maximum absolute atomic E-state index is 12.1. The van der Waals surface area contributed by atoms with Gasteiger partial charge in [-0.1, -0.05) is 0 Å². The summed E-state index contributed by atoms with van der Waals surface area (Å²) in [7, 11) is 0. The average Bonchev–Trinajstić information content (AvgIpc) is 3.23. The van der Waals surface area contributed by atoms with Gasteiger partial charge in [0.25, 0.3) is 11.8 Å². The lowest BCUT2D eigenvalue weighted by atomic mass is 9.96. The second kappa shape index (κ2) is 7.42. The van der Waals surface area contributed by atoms with Gasteiger partial charge in [-0.05, 0) is 57.4 Å². The second-order valence-corrected chi connectivity index (χ2v) is 6.99. The molecule has 0 bridgehead atoms. The molecule has 0 fully saturated rings. The maximum Gasteiger partial charge on any atom is 0.276 e. The van der Waals surface area contributed by atoms with E-state index < -0.39 is 11.8 Å². The lowest BCUT2D eigenvalue weighted by Gasteiger charge is -2.10. The molecule has 1 aliphatic rings. The van der Waals surface area contributed by atoms with Crippen molar-refractivity contribution in [2.24, 2.45) is 0 Å². The molecule has 0 unspecified atom stereocenters. The van der Waals surface area contributed by atoms with Crippen molar-refractivity contribution in [2.75, 3.05) is 6.61 Å². The van der Waals surface area contributed by atoms with Crippen molar-refractivity contribution >= 4 is 22.8 Å². The highest BCUT2D eigenvalue weighted by atomic mass is 16.5. The van der Waals surface area contributed by atoms with Crippen LogP contribution in [0.5, 0.6) is 5.75 Å². The first-order valence-corrected chi connectivity index (χ1v) is 9.34. The van der Waals surface area contributed by atoms with Crippen molar-refractivity contribution in [1.82, 2.24) is 10.9 Å². The molecule has 1 aromatic carbocycles. The number of rotatable bonds is 4. The number of nitrogens with one attached hydrogen (secondary N) is 2. The summed E-state index contributed by atoms with van der Waals surface area (Å²) in [4.78, 5) is 24.1. The van der Waals surface area contributed by atoms with Crippen molar-refractivity contribution in [1.29, 1.82) is 0 Å². The van der Waals surface area contributed by atoms with E-state index in [1.807, 2.05) is 12.1 Å². The molecule has 146 valence electrons. The Labute approximate surface area is 162 Å². The zero-order valence-corrected chi connectivity index (χ0v) is 15.9. The van der Waals surface area contributed by atoms with Crippen LogP contribution in [0.15, 0.2) is 33.1 Å². The summed E-state index contributed by atoms with van der Waals surface area (Å²) in [5.74, 6) is 1.88. The Bertz CT molecular complexity index is 1050. The van der Waals surface area contributed by atoms with Crippen LogP contribution >= 0.6 is 0 Å². The summed E-state index contributed by atoms with van der Waals surface area (Å²) >= 11 is 0. The Morgan fingerprint density at radius 1 is 1.07 bits per heavy atom. The quantitative estimate of drug-likeness (QED) is 0.675. The number of fused-ring (bicyclic) bond motifs is 3. The fourth-order valence-corrected chi connectivity index (χ4v) is 3.57. The normalized spacial score (nSPS) is 13.2. The van der Waals surface area contributed by atoms with Crippen LogP contribution in [-0.2, 0) is 17.6 Å². The van der Waals surface area contributed by atoms with E-state index in [0.717, 1.165) is 42.4 Å². The van der Waals surface area contributed by atoms with Gasteiger partial charge in [0.1, 0.15) is 28.6 Å². The van der Waals surface area contributed by atoms with Gasteiger partial charge < -0.3 is 13.6 Å². The van der Waals surface area contributed by atoms with Crippen molar-refractivity contribution in [3.8, 4) is 5.75 Å². The number of aryl methyl sites for hydroxylation is 4. The lowest BCUT2D eigenvalue weighted by molar-refractivity contribution is -0.123. The molecule has 2 amide bonds. The van der Waals surface area contributed by atoms with Crippen molar-refractivity contribution < 1.29 is 23.2 Å². The maximum atomic E-state index is 12.1. The molecular weight excluding hydrogens is 360 g/mol. The van der Waals surface area contributed by atoms with Crippen LogP contribution < -0.4 is 15.6 Å². The van der Waals surface area contributed by atoms with Gasteiger partial charge in [0.2, 0.25) is 0 Å². The Balaban J connectivity index is 1.34. The zero-order chi connectivity index (χ0) is 19.7. The molecule has 3 aromatic rings. The largest absolute Gasteiger partial charge is 0.484 e. The second-order valence-electron chi connectivity index (χ2n) is 6.99. The van der Waals surface area contributed by atoms with E-state index in [0.29, 0.717) is 22.8 Å². The Morgan fingerprint density at radius 3 is 2.68 bits per heavy atom. The predicted molar refractivity (Wildman–Crippen MR) is 102 cm³/mol. The SMILES string of the molecule is Cc1cc(C(=O)NNC(=O)COc2ccc3oc4c(c3c2)CCCC4)c(C)o1. The van der Waals surface area contributed by atoms with Gasteiger partial charge in [0, 0.05) is 17.4 Å². The van der Waals surface area contributed by atoms with Gasteiger partial charge in [0.15, 0.2) is 6.61 Å². The van der Waals surface area contributed by atoms with Crippen LogP contribution in [-0.4, -0.2) is 18.4 Å². The van der Waals surface area contributed by atoms with E-state index in [4.69, 9.17) is 13.6 Å². The third-order valence-corrected chi connectivity index (χ3v) is 4.90. The molecule has 0 radical (unpaired) electrons. The smallest absolute Gasteiger partial charge is 0.276 e. The summed E-state index contributed by atoms with van der Waals surface area (Å²) < 4.78 is 16.8. The van der Waals surface area contributed by atoms with Crippen molar-refractivity contribution in [3.05, 3.63) is 52.7 Å². The number of ether oxygens (including phenoxy) is 1. The highest BCUT2D eigenvalue weighted by molar-refractivity contribution is 5.96. The molecule has 28 heavy (non-hydrogen) atoms. The first-order chi connectivity index (χ1) is 13.5. The Morgan fingerprint density at radius 2 is 1.89 bits per heavy atom. The fourth-order valence-electron chi connectivity index (χ4n) is 3.57. The van der Waals surface area contributed by atoms with E-state index in [-0.39, 0.29) is 6.61 Å². The molecule has 2 aromatic heterocycles. The molecule has 2 heterocycles. The van der Waals surface area contributed by atoms with Gasteiger partial charge in [0.05, 0.1) is 5.56 Å². The van der Waals surface area contributed by atoms with E-state index in [1.54, 1.807) is 26.0 Å². The van der Waals surface area contributed by atoms with Crippen LogP contribution in [0.25, 0.3) is 11.0 Å².